The molecule has 0 aromatic heterocycles. The van der Waals surface area contributed by atoms with Crippen LogP contribution in [0.4, 0.5) is 0 Å². The number of ether oxygens (including phenoxy) is 1. The number of hydrogen-bond donors (Lipinski definition) is 2. The number of nitrogens with one attached hydrogen (secondary N) is 1. The Morgan fingerprint density at radius 2 is 1.75 bits per heavy atom. The van der Waals surface area contributed by atoms with Gasteiger partial charge in [-0.25, -0.2) is 0 Å². The van der Waals surface area contributed by atoms with E-state index in [1.807, 2.05) is 6.92 Å². The van der Waals surface area contributed by atoms with E-state index in [4.69, 9.17) is 10.5 Å². The van der Waals surface area contributed by atoms with Gasteiger partial charge in [-0.05, 0) is 51.0 Å². The van der Waals surface area contributed by atoms with Crippen molar-refractivity contribution in [2.75, 3.05) is 19.8 Å². The fourth-order valence-corrected chi connectivity index (χ4v) is 1.86. The summed E-state index contributed by atoms with van der Waals surface area (Å²) in [5, 5.41) is 3.25. The topological polar surface area (TPSA) is 64.3 Å². The molecule has 0 fully saturated rings. The maximum atomic E-state index is 11.5. The van der Waals surface area contributed by atoms with Gasteiger partial charge in [0, 0.05) is 13.2 Å². The first-order valence-corrected chi connectivity index (χ1v) is 7.84. The van der Waals surface area contributed by atoms with Gasteiger partial charge < -0.3 is 15.8 Å². The van der Waals surface area contributed by atoms with Crippen LogP contribution in [0.3, 0.4) is 0 Å². The monoisotopic (exact) mass is 286 g/mol. The zero-order valence-electron chi connectivity index (χ0n) is 14.1. The molecule has 1 unspecified atom stereocenters. The predicted octanol–water partition coefficient (Wildman–Crippen LogP) is 2.85. The lowest BCUT2D eigenvalue weighted by molar-refractivity contribution is -0.124. The fraction of sp³-hybridized carbons (Fsp3) is 0.938. The molecule has 0 aromatic carbocycles. The Bertz CT molecular complexity index is 274. The third-order valence-electron chi connectivity index (χ3n) is 3.52. The van der Waals surface area contributed by atoms with E-state index in [1.54, 1.807) is 0 Å². The average molecular weight is 286 g/mol. The van der Waals surface area contributed by atoms with E-state index >= 15 is 0 Å². The van der Waals surface area contributed by atoms with Crippen LogP contribution < -0.4 is 11.1 Å². The minimum Gasteiger partial charge on any atom is -0.381 e. The van der Waals surface area contributed by atoms with Crippen molar-refractivity contribution in [1.29, 1.82) is 0 Å². The first-order chi connectivity index (χ1) is 9.21. The number of carbonyl (C=O) groups excluding carboxylic acids is 1. The summed E-state index contributed by atoms with van der Waals surface area (Å²) >= 11 is 0. The van der Waals surface area contributed by atoms with Crippen molar-refractivity contribution in [3.63, 3.8) is 0 Å². The van der Waals surface area contributed by atoms with Crippen LogP contribution in [0.2, 0.25) is 0 Å². The van der Waals surface area contributed by atoms with Gasteiger partial charge in [0.15, 0.2) is 0 Å². The van der Waals surface area contributed by atoms with Crippen molar-refractivity contribution in [3.8, 4) is 0 Å². The Kier molecular flexibility index (Phi) is 9.06. The molecule has 0 aliphatic heterocycles. The summed E-state index contributed by atoms with van der Waals surface area (Å²) in [4.78, 5) is 11.5. The molecule has 4 nitrogen and oxygen atoms in total. The van der Waals surface area contributed by atoms with Crippen LogP contribution in [-0.2, 0) is 9.53 Å². The van der Waals surface area contributed by atoms with Gasteiger partial charge in [0.05, 0.1) is 5.54 Å². The average Bonchev–Trinajstić information content (AvgIpc) is 2.33. The summed E-state index contributed by atoms with van der Waals surface area (Å²) in [7, 11) is 0. The SMILES string of the molecule is CCCNC(C)(CCCCOCCC(C)(C)C)C(N)=O. The number of primary amides is 1. The standard InChI is InChI=1S/C16H34N2O2/c1-6-11-18-16(5,14(17)19)9-7-8-12-20-13-10-15(2,3)4/h18H,6-13H2,1-5H3,(H2,17,19). The van der Waals surface area contributed by atoms with Crippen molar-refractivity contribution in [3.05, 3.63) is 0 Å². The third-order valence-corrected chi connectivity index (χ3v) is 3.52. The van der Waals surface area contributed by atoms with Crippen LogP contribution in [0.5, 0.6) is 0 Å². The lowest BCUT2D eigenvalue weighted by atomic mass is 9.93. The summed E-state index contributed by atoms with van der Waals surface area (Å²) in [6, 6.07) is 0. The highest BCUT2D eigenvalue weighted by Gasteiger charge is 2.29. The zero-order chi connectivity index (χ0) is 15.6. The highest BCUT2D eigenvalue weighted by Crippen LogP contribution is 2.18. The van der Waals surface area contributed by atoms with E-state index in [0.717, 1.165) is 51.9 Å². The van der Waals surface area contributed by atoms with Crippen LogP contribution in [0.25, 0.3) is 0 Å². The number of unbranched alkanes of at least 4 members (excludes halogenated alkanes) is 1. The fourth-order valence-electron chi connectivity index (χ4n) is 1.86. The summed E-state index contributed by atoms with van der Waals surface area (Å²) in [6.45, 7) is 13.0. The molecule has 20 heavy (non-hydrogen) atoms. The number of nitrogens with two attached hydrogens (primary N) is 1. The molecule has 0 bridgehead atoms. The van der Waals surface area contributed by atoms with E-state index in [0.29, 0.717) is 5.41 Å². The molecular weight excluding hydrogens is 252 g/mol. The molecule has 0 saturated heterocycles. The lowest BCUT2D eigenvalue weighted by Gasteiger charge is -2.27. The molecule has 120 valence electrons. The first-order valence-electron chi connectivity index (χ1n) is 7.84. The van der Waals surface area contributed by atoms with Crippen molar-refractivity contribution in [2.45, 2.75) is 72.3 Å². The predicted molar refractivity (Wildman–Crippen MR) is 84.6 cm³/mol. The smallest absolute Gasteiger partial charge is 0.237 e. The maximum absolute atomic E-state index is 11.5. The second kappa shape index (κ2) is 9.35. The van der Waals surface area contributed by atoms with Gasteiger partial charge in [-0.2, -0.15) is 0 Å². The summed E-state index contributed by atoms with van der Waals surface area (Å²) in [5.74, 6) is -0.264. The van der Waals surface area contributed by atoms with E-state index in [2.05, 4.69) is 33.0 Å². The highest BCUT2D eigenvalue weighted by atomic mass is 16.5. The molecule has 3 N–H and O–H groups in total. The summed E-state index contributed by atoms with van der Waals surface area (Å²) in [6.07, 6.45) is 4.76. The van der Waals surface area contributed by atoms with E-state index in [1.165, 1.54) is 0 Å². The lowest BCUT2D eigenvalue weighted by Crippen LogP contribution is -2.53. The highest BCUT2D eigenvalue weighted by molar-refractivity contribution is 5.84. The normalized spacial score (nSPS) is 15.1. The Morgan fingerprint density at radius 3 is 2.25 bits per heavy atom. The molecule has 4 heteroatoms. The number of hydrogen-bond acceptors (Lipinski definition) is 3. The Balaban J connectivity index is 3.77. The van der Waals surface area contributed by atoms with E-state index in [-0.39, 0.29) is 5.91 Å². The van der Waals surface area contributed by atoms with Gasteiger partial charge in [0.25, 0.3) is 0 Å². The van der Waals surface area contributed by atoms with Crippen molar-refractivity contribution < 1.29 is 9.53 Å². The molecule has 0 saturated carbocycles. The van der Waals surface area contributed by atoms with Crippen LogP contribution in [0, 0.1) is 5.41 Å². The molecule has 0 aliphatic rings. The Hall–Kier alpha value is -0.610. The minimum absolute atomic E-state index is 0.264. The van der Waals surface area contributed by atoms with Crippen LogP contribution in [0.15, 0.2) is 0 Å². The Labute approximate surface area is 124 Å². The van der Waals surface area contributed by atoms with Crippen LogP contribution in [0.1, 0.15) is 66.7 Å². The van der Waals surface area contributed by atoms with Gasteiger partial charge in [-0.15, -0.1) is 0 Å². The number of amides is 1. The van der Waals surface area contributed by atoms with Gasteiger partial charge in [-0.3, -0.25) is 4.79 Å². The zero-order valence-corrected chi connectivity index (χ0v) is 14.1. The summed E-state index contributed by atoms with van der Waals surface area (Å²) < 4.78 is 5.63. The molecule has 0 spiro atoms. The second-order valence-electron chi connectivity index (χ2n) is 7.00. The quantitative estimate of drug-likeness (QED) is 0.574. The van der Waals surface area contributed by atoms with Crippen molar-refractivity contribution in [2.24, 2.45) is 11.1 Å². The molecule has 0 rings (SSSR count). The molecule has 0 aromatic rings. The number of carbonyl (C=O) groups is 1. The molecule has 0 heterocycles. The van der Waals surface area contributed by atoms with Crippen LogP contribution in [-0.4, -0.2) is 31.2 Å². The van der Waals surface area contributed by atoms with E-state index < -0.39 is 5.54 Å². The second-order valence-corrected chi connectivity index (χ2v) is 7.00. The maximum Gasteiger partial charge on any atom is 0.237 e. The van der Waals surface area contributed by atoms with E-state index in [9.17, 15) is 4.79 Å². The first kappa shape index (κ1) is 19.4. The minimum atomic E-state index is -0.582. The van der Waals surface area contributed by atoms with Crippen LogP contribution >= 0.6 is 0 Å². The molecular formula is C16H34N2O2. The molecule has 0 radical (unpaired) electrons. The number of rotatable bonds is 11. The molecule has 0 aliphatic carbocycles. The summed E-state index contributed by atoms with van der Waals surface area (Å²) in [5.41, 5.74) is 5.24. The van der Waals surface area contributed by atoms with Gasteiger partial charge in [-0.1, -0.05) is 27.7 Å². The van der Waals surface area contributed by atoms with Crippen molar-refractivity contribution >= 4 is 5.91 Å². The Morgan fingerprint density at radius 1 is 1.10 bits per heavy atom. The largest absolute Gasteiger partial charge is 0.381 e. The molecule has 1 amide bonds. The van der Waals surface area contributed by atoms with Gasteiger partial charge >= 0.3 is 0 Å². The van der Waals surface area contributed by atoms with Gasteiger partial charge in [0.2, 0.25) is 5.91 Å². The van der Waals surface area contributed by atoms with Crippen molar-refractivity contribution in [1.82, 2.24) is 5.32 Å². The van der Waals surface area contributed by atoms with Gasteiger partial charge in [0.1, 0.15) is 0 Å². The third kappa shape index (κ3) is 9.32. The molecule has 1 atom stereocenters.